The molecule has 0 aliphatic rings. The minimum atomic E-state index is 0.596. The Morgan fingerprint density at radius 2 is 1.92 bits per heavy atom. The molecule has 12 heavy (non-hydrogen) atoms. The summed E-state index contributed by atoms with van der Waals surface area (Å²) in [5.41, 5.74) is 0.933. The highest BCUT2D eigenvalue weighted by Gasteiger charge is 1.89. The van der Waals surface area contributed by atoms with Gasteiger partial charge in [0.05, 0.1) is 0 Å². The summed E-state index contributed by atoms with van der Waals surface area (Å²) in [4.78, 5) is 14.4. The number of carbonyl (C=O) groups is 1. The molecular weight excluding hydrogens is 154 g/mol. The number of allylic oxidation sites excluding steroid dienone is 1. The van der Waals surface area contributed by atoms with Gasteiger partial charge in [0.2, 0.25) is 0 Å². The molecule has 1 aromatic carbocycles. The van der Waals surface area contributed by atoms with Crippen molar-refractivity contribution in [2.75, 3.05) is 0 Å². The van der Waals surface area contributed by atoms with Crippen LogP contribution in [0.25, 0.3) is 6.08 Å². The topological polar surface area (TPSA) is 52.3 Å². The van der Waals surface area contributed by atoms with Gasteiger partial charge in [0.25, 0.3) is 0 Å². The number of rotatable bonds is 3. The van der Waals surface area contributed by atoms with E-state index in [-0.39, 0.29) is 0 Å². The average Bonchev–Trinajstić information content (AvgIpc) is 2.15. The van der Waals surface area contributed by atoms with Crippen molar-refractivity contribution >= 4 is 12.4 Å². The summed E-state index contributed by atoms with van der Waals surface area (Å²) in [7, 11) is 0. The first-order valence-corrected chi connectivity index (χ1v) is 3.45. The van der Waals surface area contributed by atoms with Crippen LogP contribution in [0.4, 0.5) is 0 Å². The molecule has 3 heteroatoms. The summed E-state index contributed by atoms with van der Waals surface area (Å²) < 4.78 is 0. The number of hydrogen-bond donors (Lipinski definition) is 1. The van der Waals surface area contributed by atoms with Crippen LogP contribution in [-0.4, -0.2) is 6.29 Å². The number of hydrogen-bond acceptors (Lipinski definition) is 3. The third kappa shape index (κ3) is 2.21. The number of carbonyl (C=O) groups excluding carboxylic acids is 1. The van der Waals surface area contributed by atoms with Crippen LogP contribution in [0.15, 0.2) is 30.3 Å². The number of aldehydes is 1. The van der Waals surface area contributed by atoms with E-state index < -0.39 is 0 Å². The molecule has 0 unspecified atom stereocenters. The molecule has 0 amide bonds. The standard InChI is InChI=1S/C9H9NO2/c10-12-9-5-3-8(4-6-9)2-1-7-11/h1-7H,10H2/b2-1+. The fourth-order valence-electron chi connectivity index (χ4n) is 0.808. The van der Waals surface area contributed by atoms with Crippen molar-refractivity contribution in [2.24, 2.45) is 5.90 Å². The lowest BCUT2D eigenvalue weighted by Crippen LogP contribution is -2.00. The molecule has 0 heterocycles. The molecule has 0 aliphatic heterocycles. The second-order valence-corrected chi connectivity index (χ2v) is 2.18. The average molecular weight is 163 g/mol. The van der Waals surface area contributed by atoms with Crippen LogP contribution < -0.4 is 10.7 Å². The monoisotopic (exact) mass is 163 g/mol. The van der Waals surface area contributed by atoms with Crippen LogP contribution in [0.1, 0.15) is 5.56 Å². The molecule has 0 radical (unpaired) electrons. The predicted octanol–water partition coefficient (Wildman–Crippen LogP) is 1.15. The highest BCUT2D eigenvalue weighted by Crippen LogP contribution is 2.11. The molecule has 0 bridgehead atoms. The number of nitrogens with two attached hydrogens (primary N) is 1. The molecule has 0 aromatic heterocycles. The van der Waals surface area contributed by atoms with Crippen LogP contribution in [0, 0.1) is 0 Å². The van der Waals surface area contributed by atoms with E-state index in [4.69, 9.17) is 5.90 Å². The Hall–Kier alpha value is -1.61. The minimum absolute atomic E-state index is 0.596. The molecule has 62 valence electrons. The smallest absolute Gasteiger partial charge is 0.146 e. The van der Waals surface area contributed by atoms with E-state index in [0.29, 0.717) is 5.75 Å². The minimum Gasteiger partial charge on any atom is -0.412 e. The van der Waals surface area contributed by atoms with Gasteiger partial charge in [-0.3, -0.25) is 4.79 Å². The van der Waals surface area contributed by atoms with E-state index in [1.807, 2.05) is 12.1 Å². The summed E-state index contributed by atoms with van der Waals surface area (Å²) in [6.07, 6.45) is 3.86. The van der Waals surface area contributed by atoms with Gasteiger partial charge in [-0.1, -0.05) is 18.2 Å². The molecule has 0 saturated carbocycles. The fourth-order valence-corrected chi connectivity index (χ4v) is 0.808. The largest absolute Gasteiger partial charge is 0.412 e. The first-order valence-electron chi connectivity index (χ1n) is 3.45. The zero-order valence-electron chi connectivity index (χ0n) is 6.44. The lowest BCUT2D eigenvalue weighted by atomic mass is 10.2. The van der Waals surface area contributed by atoms with Gasteiger partial charge in [-0.25, -0.2) is 0 Å². The van der Waals surface area contributed by atoms with Crippen molar-refractivity contribution in [3.05, 3.63) is 35.9 Å². The second-order valence-electron chi connectivity index (χ2n) is 2.18. The van der Waals surface area contributed by atoms with Crippen LogP contribution >= 0.6 is 0 Å². The predicted molar refractivity (Wildman–Crippen MR) is 46.4 cm³/mol. The van der Waals surface area contributed by atoms with Crippen molar-refractivity contribution in [2.45, 2.75) is 0 Å². The van der Waals surface area contributed by atoms with Gasteiger partial charge < -0.3 is 4.84 Å². The quantitative estimate of drug-likeness (QED) is 0.413. The lowest BCUT2D eigenvalue weighted by molar-refractivity contribution is -0.104. The SMILES string of the molecule is NOc1ccc(/C=C/C=O)cc1. The normalized spacial score (nSPS) is 10.1. The van der Waals surface area contributed by atoms with E-state index in [9.17, 15) is 4.79 Å². The van der Waals surface area contributed by atoms with Crippen LogP contribution in [0.2, 0.25) is 0 Å². The van der Waals surface area contributed by atoms with Crippen molar-refractivity contribution < 1.29 is 9.63 Å². The molecule has 2 N–H and O–H groups in total. The summed E-state index contributed by atoms with van der Waals surface area (Å²) in [6.45, 7) is 0. The Morgan fingerprint density at radius 1 is 1.25 bits per heavy atom. The van der Waals surface area contributed by atoms with Crippen molar-refractivity contribution in [3.63, 3.8) is 0 Å². The molecule has 1 rings (SSSR count). The van der Waals surface area contributed by atoms with E-state index >= 15 is 0 Å². The zero-order valence-corrected chi connectivity index (χ0v) is 6.44. The van der Waals surface area contributed by atoms with Gasteiger partial charge in [0, 0.05) is 0 Å². The van der Waals surface area contributed by atoms with Gasteiger partial charge >= 0.3 is 0 Å². The van der Waals surface area contributed by atoms with E-state index in [1.54, 1.807) is 18.2 Å². The molecule has 0 aliphatic carbocycles. The van der Waals surface area contributed by atoms with Crippen LogP contribution in [0.3, 0.4) is 0 Å². The molecule has 1 aromatic rings. The Bertz CT molecular complexity index is 277. The summed E-state index contributed by atoms with van der Waals surface area (Å²) in [5, 5.41) is 0. The van der Waals surface area contributed by atoms with Gasteiger partial charge in [0.15, 0.2) is 0 Å². The maximum absolute atomic E-state index is 9.97. The van der Waals surface area contributed by atoms with Crippen molar-refractivity contribution in [1.29, 1.82) is 0 Å². The summed E-state index contributed by atoms with van der Waals surface area (Å²) in [5.74, 6) is 5.52. The molecule has 0 spiro atoms. The fraction of sp³-hybridized carbons (Fsp3) is 0. The zero-order chi connectivity index (χ0) is 8.81. The summed E-state index contributed by atoms with van der Waals surface area (Å²) in [6, 6.07) is 7.07. The lowest BCUT2D eigenvalue weighted by Gasteiger charge is -1.97. The molecule has 0 atom stereocenters. The third-order valence-corrected chi connectivity index (χ3v) is 1.38. The van der Waals surface area contributed by atoms with Crippen molar-refractivity contribution in [1.82, 2.24) is 0 Å². The van der Waals surface area contributed by atoms with Gasteiger partial charge in [-0.05, 0) is 23.8 Å². The van der Waals surface area contributed by atoms with Crippen LogP contribution in [-0.2, 0) is 4.79 Å². The first-order chi connectivity index (χ1) is 5.86. The Kier molecular flexibility index (Phi) is 3.04. The van der Waals surface area contributed by atoms with Gasteiger partial charge in [-0.2, -0.15) is 5.90 Å². The molecule has 0 fully saturated rings. The maximum atomic E-state index is 9.97. The highest BCUT2D eigenvalue weighted by atomic mass is 16.6. The molecule has 3 nitrogen and oxygen atoms in total. The summed E-state index contributed by atoms with van der Waals surface area (Å²) >= 11 is 0. The van der Waals surface area contributed by atoms with Crippen molar-refractivity contribution in [3.8, 4) is 5.75 Å². The Balaban J connectivity index is 2.77. The van der Waals surface area contributed by atoms with Gasteiger partial charge in [-0.15, -0.1) is 0 Å². The highest BCUT2D eigenvalue weighted by molar-refractivity contribution is 5.73. The van der Waals surface area contributed by atoms with Gasteiger partial charge in [0.1, 0.15) is 12.0 Å². The Labute approximate surface area is 70.4 Å². The van der Waals surface area contributed by atoms with Crippen LogP contribution in [0.5, 0.6) is 5.75 Å². The maximum Gasteiger partial charge on any atom is 0.146 e. The van der Waals surface area contributed by atoms with E-state index in [0.717, 1.165) is 11.8 Å². The van der Waals surface area contributed by atoms with E-state index in [2.05, 4.69) is 4.84 Å². The molecule has 0 saturated heterocycles. The first kappa shape index (κ1) is 8.49. The number of benzene rings is 1. The second kappa shape index (κ2) is 4.31. The third-order valence-electron chi connectivity index (χ3n) is 1.38. The molecular formula is C9H9NO2. The Morgan fingerprint density at radius 3 is 2.42 bits per heavy atom. The van der Waals surface area contributed by atoms with E-state index in [1.165, 1.54) is 6.08 Å².